The third kappa shape index (κ3) is 59.6. The Labute approximate surface area is 462 Å². The molecule has 438 valence electrons. The third-order valence-electron chi connectivity index (χ3n) is 15.8. The van der Waals surface area contributed by atoms with Crippen molar-refractivity contribution in [3.63, 3.8) is 0 Å². The number of aliphatic hydroxyl groups is 2. The zero-order chi connectivity index (χ0) is 53.6. The average Bonchev–Trinajstić information content (AvgIpc) is 3.40. The van der Waals surface area contributed by atoms with Crippen molar-refractivity contribution in [3.8, 4) is 0 Å². The number of rotatable bonds is 63. The summed E-state index contributed by atoms with van der Waals surface area (Å²) in [5, 5.41) is 23.3. The number of amides is 1. The molecule has 0 aromatic heterocycles. The Bertz CT molecular complexity index is 1150. The van der Waals surface area contributed by atoms with Crippen molar-refractivity contribution >= 4 is 11.9 Å². The monoisotopic (exact) mass is 1040 g/mol. The van der Waals surface area contributed by atoms with Crippen LogP contribution in [0.25, 0.3) is 0 Å². The van der Waals surface area contributed by atoms with E-state index in [1.54, 1.807) is 0 Å². The minimum atomic E-state index is -0.665. The normalized spacial score (nSPS) is 12.6. The predicted octanol–water partition coefficient (Wildman–Crippen LogP) is 21.4. The second kappa shape index (κ2) is 63.9. The van der Waals surface area contributed by atoms with Crippen LogP contribution in [0.1, 0.15) is 373 Å². The van der Waals surface area contributed by atoms with Crippen LogP contribution in [0.5, 0.6) is 0 Å². The van der Waals surface area contributed by atoms with E-state index in [4.69, 9.17) is 4.74 Å². The summed E-state index contributed by atoms with van der Waals surface area (Å²) in [5.41, 5.74) is 0. The van der Waals surface area contributed by atoms with Gasteiger partial charge in [0, 0.05) is 12.8 Å². The fourth-order valence-electron chi connectivity index (χ4n) is 10.6. The lowest BCUT2D eigenvalue weighted by molar-refractivity contribution is -0.143. The first-order valence-electron chi connectivity index (χ1n) is 33.6. The summed E-state index contributed by atoms with van der Waals surface area (Å²) in [6.45, 7) is 4.98. The number of hydrogen-bond donors (Lipinski definition) is 3. The number of carbonyl (C=O) groups is 2. The molecule has 0 saturated heterocycles. The summed E-state index contributed by atoms with van der Waals surface area (Å²) in [6, 6.07) is -0.543. The highest BCUT2D eigenvalue weighted by atomic mass is 16.5. The number of ether oxygens (including phenoxy) is 1. The second-order valence-electron chi connectivity index (χ2n) is 23.2. The molecule has 0 spiro atoms. The Hall–Kier alpha value is -1.66. The summed E-state index contributed by atoms with van der Waals surface area (Å²) in [6.07, 6.45) is 79.3. The second-order valence-corrected chi connectivity index (χ2v) is 23.2. The fourth-order valence-corrected chi connectivity index (χ4v) is 10.6. The quantitative estimate of drug-likeness (QED) is 0.0320. The van der Waals surface area contributed by atoms with Gasteiger partial charge in [-0.15, -0.1) is 0 Å². The van der Waals surface area contributed by atoms with Crippen LogP contribution in [0, 0.1) is 0 Å². The first-order chi connectivity index (χ1) is 36.5. The number of aliphatic hydroxyl groups excluding tert-OH is 2. The van der Waals surface area contributed by atoms with Gasteiger partial charge in [-0.25, -0.2) is 0 Å². The maximum absolute atomic E-state index is 12.5. The first kappa shape index (κ1) is 72.3. The molecular formula is C68H131NO5. The number of unbranched alkanes of at least 4 members (excludes halogenated alkanes) is 48. The van der Waals surface area contributed by atoms with Gasteiger partial charge in [0.2, 0.25) is 5.91 Å². The third-order valence-corrected chi connectivity index (χ3v) is 15.8. The molecule has 0 aromatic carbocycles. The van der Waals surface area contributed by atoms with E-state index in [9.17, 15) is 19.8 Å². The number of hydrogen-bond acceptors (Lipinski definition) is 5. The lowest BCUT2D eigenvalue weighted by atomic mass is 10.0. The number of carbonyl (C=O) groups excluding carboxylic acids is 2. The Morgan fingerprint density at radius 3 is 1.03 bits per heavy atom. The van der Waals surface area contributed by atoms with Gasteiger partial charge in [0.15, 0.2) is 0 Å². The van der Waals surface area contributed by atoms with E-state index in [0.717, 1.165) is 44.9 Å². The van der Waals surface area contributed by atoms with E-state index in [1.165, 1.54) is 295 Å². The van der Waals surface area contributed by atoms with E-state index in [0.29, 0.717) is 25.9 Å². The molecule has 0 bridgehead atoms. The van der Waals surface area contributed by atoms with Crippen LogP contribution < -0.4 is 5.32 Å². The molecule has 6 heteroatoms. The summed E-state index contributed by atoms with van der Waals surface area (Å²) in [5.74, 6) is -0.0215. The molecule has 3 N–H and O–H groups in total. The van der Waals surface area contributed by atoms with Gasteiger partial charge in [-0.1, -0.05) is 327 Å². The molecule has 0 heterocycles. The minimum Gasteiger partial charge on any atom is -0.466 e. The van der Waals surface area contributed by atoms with Crippen molar-refractivity contribution in [2.45, 2.75) is 386 Å². The Morgan fingerprint density at radius 2 is 0.676 bits per heavy atom. The smallest absolute Gasteiger partial charge is 0.305 e. The SMILES string of the molecule is CCCCCCCCCCCCCCCCCCCC(=O)OCCCCCCCCCCC/C=C\C/C=C\CCCCCCCCCCCCCC(=O)NC(CO)C(O)CCCCCCCCCCCCCCC. The van der Waals surface area contributed by atoms with Crippen LogP contribution in [-0.2, 0) is 14.3 Å². The van der Waals surface area contributed by atoms with E-state index >= 15 is 0 Å². The summed E-state index contributed by atoms with van der Waals surface area (Å²) in [4.78, 5) is 24.6. The lowest BCUT2D eigenvalue weighted by Crippen LogP contribution is -2.45. The number of allylic oxidation sites excluding steroid dienone is 4. The van der Waals surface area contributed by atoms with E-state index in [2.05, 4.69) is 43.5 Å². The van der Waals surface area contributed by atoms with Gasteiger partial charge in [0.1, 0.15) is 0 Å². The van der Waals surface area contributed by atoms with Gasteiger partial charge in [-0.2, -0.15) is 0 Å². The molecule has 1 amide bonds. The topological polar surface area (TPSA) is 95.9 Å². The molecule has 0 saturated carbocycles. The summed E-state index contributed by atoms with van der Waals surface area (Å²) < 4.78 is 5.50. The predicted molar refractivity (Wildman–Crippen MR) is 324 cm³/mol. The summed E-state index contributed by atoms with van der Waals surface area (Å²) in [7, 11) is 0. The highest BCUT2D eigenvalue weighted by Gasteiger charge is 2.20. The largest absolute Gasteiger partial charge is 0.466 e. The van der Waals surface area contributed by atoms with Gasteiger partial charge in [0.05, 0.1) is 25.4 Å². The van der Waals surface area contributed by atoms with Crippen molar-refractivity contribution < 1.29 is 24.5 Å². The summed E-state index contributed by atoms with van der Waals surface area (Å²) >= 11 is 0. The number of nitrogens with one attached hydrogen (secondary N) is 1. The Morgan fingerprint density at radius 1 is 0.378 bits per heavy atom. The maximum atomic E-state index is 12.5. The van der Waals surface area contributed by atoms with E-state index < -0.39 is 12.1 Å². The van der Waals surface area contributed by atoms with Gasteiger partial charge < -0.3 is 20.3 Å². The number of esters is 1. The van der Waals surface area contributed by atoms with Crippen LogP contribution in [0.2, 0.25) is 0 Å². The van der Waals surface area contributed by atoms with Gasteiger partial charge in [0.25, 0.3) is 0 Å². The standard InChI is InChI=1S/C68H131NO5/c1-3-5-7-9-11-13-15-17-18-30-34-38-42-46-50-54-58-62-68(73)74-63-59-55-51-47-43-39-35-32-29-27-25-23-21-19-20-22-24-26-28-31-33-37-41-45-49-53-57-61-67(72)69-65(64-70)66(71)60-56-52-48-44-40-36-16-14-12-10-8-6-4-2/h19-20,23,25,65-66,70-71H,3-18,21-22,24,26-64H2,1-2H3,(H,69,72)/b20-19-,25-23-. The van der Waals surface area contributed by atoms with Crippen molar-refractivity contribution in [1.29, 1.82) is 0 Å². The molecular weight excluding hydrogens is 911 g/mol. The van der Waals surface area contributed by atoms with Crippen LogP contribution in [0.3, 0.4) is 0 Å². The van der Waals surface area contributed by atoms with Crippen molar-refractivity contribution in [2.24, 2.45) is 0 Å². The molecule has 0 rings (SSSR count). The molecule has 2 unspecified atom stereocenters. The minimum absolute atomic E-state index is 0.0151. The molecule has 0 aliphatic carbocycles. The highest BCUT2D eigenvalue weighted by Crippen LogP contribution is 2.18. The highest BCUT2D eigenvalue weighted by molar-refractivity contribution is 5.76. The van der Waals surface area contributed by atoms with Crippen LogP contribution in [0.15, 0.2) is 24.3 Å². The van der Waals surface area contributed by atoms with Crippen LogP contribution in [0.4, 0.5) is 0 Å². The molecule has 2 atom stereocenters. The fraction of sp³-hybridized carbons (Fsp3) is 0.912. The molecule has 0 aliphatic rings. The maximum Gasteiger partial charge on any atom is 0.305 e. The van der Waals surface area contributed by atoms with E-state index in [-0.39, 0.29) is 18.5 Å². The van der Waals surface area contributed by atoms with Crippen molar-refractivity contribution in [3.05, 3.63) is 24.3 Å². The average molecular weight is 1040 g/mol. The van der Waals surface area contributed by atoms with Crippen molar-refractivity contribution in [2.75, 3.05) is 13.2 Å². The van der Waals surface area contributed by atoms with E-state index in [1.807, 2.05) is 0 Å². The molecule has 0 aliphatic heterocycles. The molecule has 0 aromatic rings. The Kier molecular flexibility index (Phi) is 62.4. The molecule has 0 radical (unpaired) electrons. The van der Waals surface area contributed by atoms with Crippen LogP contribution >= 0.6 is 0 Å². The molecule has 0 fully saturated rings. The van der Waals surface area contributed by atoms with Gasteiger partial charge in [-0.3, -0.25) is 9.59 Å². The molecule has 74 heavy (non-hydrogen) atoms. The van der Waals surface area contributed by atoms with Crippen molar-refractivity contribution in [1.82, 2.24) is 5.32 Å². The molecule has 6 nitrogen and oxygen atoms in total. The van der Waals surface area contributed by atoms with Gasteiger partial charge in [-0.05, 0) is 57.8 Å². The first-order valence-corrected chi connectivity index (χ1v) is 33.6. The zero-order valence-corrected chi connectivity index (χ0v) is 50.1. The lowest BCUT2D eigenvalue weighted by Gasteiger charge is -2.22. The zero-order valence-electron chi connectivity index (χ0n) is 50.1. The Balaban J connectivity index is 3.39. The van der Waals surface area contributed by atoms with Crippen LogP contribution in [-0.4, -0.2) is 47.4 Å². The van der Waals surface area contributed by atoms with Gasteiger partial charge >= 0.3 is 5.97 Å².